The normalized spacial score (nSPS) is 15.3. The van der Waals surface area contributed by atoms with Gasteiger partial charge < -0.3 is 4.42 Å². The van der Waals surface area contributed by atoms with Gasteiger partial charge in [0.1, 0.15) is 24.0 Å². The lowest BCUT2D eigenvalue weighted by Crippen LogP contribution is -2.33. The highest BCUT2D eigenvalue weighted by Gasteiger charge is 2.28. The first kappa shape index (κ1) is 18.4. The first-order valence-corrected chi connectivity index (χ1v) is 11.5. The SMILES string of the molecule is [2H]c1c(F)ccc2c1oc1c(-c3cc(C4CCCC4)c4ccccc4[n+]3C)c(C)c(C)cc12. The van der Waals surface area contributed by atoms with Crippen LogP contribution in [0.4, 0.5) is 4.39 Å². The Labute approximate surface area is 188 Å². The number of rotatable bonds is 2. The molecule has 3 aromatic carbocycles. The molecule has 0 radical (unpaired) electrons. The predicted molar refractivity (Wildman–Crippen MR) is 128 cm³/mol. The highest BCUT2D eigenvalue weighted by molar-refractivity contribution is 6.10. The van der Waals surface area contributed by atoms with Crippen molar-refractivity contribution in [2.24, 2.45) is 7.05 Å². The van der Waals surface area contributed by atoms with Crippen LogP contribution < -0.4 is 4.57 Å². The molecule has 0 saturated heterocycles. The molecule has 0 atom stereocenters. The Morgan fingerprint density at radius 3 is 2.59 bits per heavy atom. The lowest BCUT2D eigenvalue weighted by Gasteiger charge is -2.16. The highest BCUT2D eigenvalue weighted by atomic mass is 19.1. The first-order chi connectivity index (χ1) is 16.0. The number of fused-ring (bicyclic) bond motifs is 4. The molecule has 2 nitrogen and oxygen atoms in total. The summed E-state index contributed by atoms with van der Waals surface area (Å²) < 4.78 is 30.9. The van der Waals surface area contributed by atoms with E-state index < -0.39 is 5.82 Å². The van der Waals surface area contributed by atoms with Crippen LogP contribution in [0, 0.1) is 19.7 Å². The molecule has 5 aromatic rings. The van der Waals surface area contributed by atoms with Gasteiger partial charge in [0, 0.05) is 34.3 Å². The molecule has 1 aliphatic carbocycles. The number of pyridine rings is 1. The average Bonchev–Trinajstić information content (AvgIpc) is 3.47. The second-order valence-corrected chi connectivity index (χ2v) is 9.26. The number of para-hydroxylation sites is 1. The van der Waals surface area contributed by atoms with Crippen LogP contribution in [0.3, 0.4) is 0 Å². The van der Waals surface area contributed by atoms with Gasteiger partial charge in [0.15, 0.2) is 0 Å². The van der Waals surface area contributed by atoms with Gasteiger partial charge in [0.2, 0.25) is 11.2 Å². The lowest BCUT2D eigenvalue weighted by molar-refractivity contribution is -0.633. The number of halogens is 1. The second-order valence-electron chi connectivity index (χ2n) is 9.26. The molecule has 0 bridgehead atoms. The molecule has 32 heavy (non-hydrogen) atoms. The number of furan rings is 1. The monoisotopic (exact) mass is 425 g/mol. The van der Waals surface area contributed by atoms with Gasteiger partial charge in [-0.1, -0.05) is 25.0 Å². The van der Waals surface area contributed by atoms with Gasteiger partial charge in [-0.3, -0.25) is 0 Å². The summed E-state index contributed by atoms with van der Waals surface area (Å²) in [6, 6.07) is 16.0. The van der Waals surface area contributed by atoms with E-state index in [0.29, 0.717) is 11.5 Å². The van der Waals surface area contributed by atoms with Crippen LogP contribution in [0.2, 0.25) is 0 Å². The second kappa shape index (κ2) is 7.16. The standard InChI is InChI=1S/C29H27FNO/c1-17-14-24-22-13-12-20(30)15-27(22)32-29(24)28(18(17)2)26-16-23(19-8-4-5-9-19)21-10-6-7-11-25(21)31(26)3/h6-7,10-16,19H,4-5,8-9H2,1-3H3/q+1/i15D. The van der Waals surface area contributed by atoms with Crippen LogP contribution >= 0.6 is 0 Å². The molecule has 0 amide bonds. The number of aromatic nitrogens is 1. The molecular formula is C29H27FNO+. The van der Waals surface area contributed by atoms with Crippen molar-refractivity contribution in [2.75, 3.05) is 0 Å². The summed E-state index contributed by atoms with van der Waals surface area (Å²) in [5, 5.41) is 3.05. The maximum atomic E-state index is 14.2. The van der Waals surface area contributed by atoms with Crippen LogP contribution in [-0.4, -0.2) is 0 Å². The zero-order valence-corrected chi connectivity index (χ0v) is 18.8. The van der Waals surface area contributed by atoms with Gasteiger partial charge in [-0.15, -0.1) is 0 Å². The Morgan fingerprint density at radius 1 is 1.00 bits per heavy atom. The first-order valence-electron chi connectivity index (χ1n) is 12.0. The molecule has 6 rings (SSSR count). The summed E-state index contributed by atoms with van der Waals surface area (Å²) in [4.78, 5) is 0. The van der Waals surface area contributed by atoms with Gasteiger partial charge in [0.25, 0.3) is 0 Å². The Kier molecular flexibility index (Phi) is 4.11. The van der Waals surface area contributed by atoms with E-state index in [1.54, 1.807) is 6.07 Å². The number of nitrogens with zero attached hydrogens (tertiary/aromatic N) is 1. The van der Waals surface area contributed by atoms with Crippen molar-refractivity contribution in [3.8, 4) is 11.3 Å². The number of aryl methyl sites for hydroxylation is 2. The Morgan fingerprint density at radius 2 is 1.78 bits per heavy atom. The zero-order valence-electron chi connectivity index (χ0n) is 19.8. The van der Waals surface area contributed by atoms with Crippen molar-refractivity contribution >= 4 is 32.8 Å². The van der Waals surface area contributed by atoms with Crippen molar-refractivity contribution in [1.29, 1.82) is 0 Å². The van der Waals surface area contributed by atoms with Crippen LogP contribution in [0.1, 0.15) is 49.7 Å². The molecule has 160 valence electrons. The van der Waals surface area contributed by atoms with Crippen molar-refractivity contribution in [2.45, 2.75) is 45.4 Å². The molecule has 2 heterocycles. The van der Waals surface area contributed by atoms with Gasteiger partial charge in [-0.2, -0.15) is 4.57 Å². The van der Waals surface area contributed by atoms with Crippen molar-refractivity contribution in [3.63, 3.8) is 0 Å². The van der Waals surface area contributed by atoms with E-state index in [4.69, 9.17) is 5.79 Å². The van der Waals surface area contributed by atoms with Crippen LogP contribution in [0.5, 0.6) is 0 Å². The van der Waals surface area contributed by atoms with E-state index in [9.17, 15) is 4.39 Å². The Bertz CT molecular complexity index is 1580. The van der Waals surface area contributed by atoms with E-state index in [1.807, 2.05) is 0 Å². The predicted octanol–water partition coefficient (Wildman–Crippen LogP) is 7.64. The van der Waals surface area contributed by atoms with E-state index in [-0.39, 0.29) is 6.04 Å². The van der Waals surface area contributed by atoms with E-state index >= 15 is 0 Å². The minimum absolute atomic E-state index is 0.181. The van der Waals surface area contributed by atoms with Gasteiger partial charge in [0.05, 0.1) is 6.93 Å². The molecule has 1 saturated carbocycles. The molecule has 2 aromatic heterocycles. The van der Waals surface area contributed by atoms with Gasteiger partial charge in [-0.05, 0) is 73.6 Å². The topological polar surface area (TPSA) is 17.0 Å². The molecule has 0 spiro atoms. The van der Waals surface area contributed by atoms with Crippen LogP contribution in [-0.2, 0) is 7.05 Å². The van der Waals surface area contributed by atoms with Crippen LogP contribution in [0.25, 0.3) is 44.1 Å². The van der Waals surface area contributed by atoms with Crippen molar-refractivity contribution < 1.29 is 14.7 Å². The third-order valence-corrected chi connectivity index (χ3v) is 7.45. The van der Waals surface area contributed by atoms with Gasteiger partial charge in [-0.25, -0.2) is 4.39 Å². The molecule has 1 fully saturated rings. The smallest absolute Gasteiger partial charge is 0.217 e. The molecular weight excluding hydrogens is 397 g/mol. The van der Waals surface area contributed by atoms with Crippen molar-refractivity contribution in [3.05, 3.63) is 77.1 Å². The Hall–Kier alpha value is -3.20. The summed E-state index contributed by atoms with van der Waals surface area (Å²) in [5.41, 5.74) is 8.11. The highest BCUT2D eigenvalue weighted by Crippen LogP contribution is 2.42. The number of hydrogen-bond donors (Lipinski definition) is 0. The summed E-state index contributed by atoms with van der Waals surface area (Å²) in [6.07, 6.45) is 5.02. The van der Waals surface area contributed by atoms with Crippen molar-refractivity contribution in [1.82, 2.24) is 0 Å². The zero-order chi connectivity index (χ0) is 22.9. The number of benzene rings is 3. The number of hydrogen-bond acceptors (Lipinski definition) is 1. The average molecular weight is 426 g/mol. The van der Waals surface area contributed by atoms with E-state index in [0.717, 1.165) is 38.7 Å². The lowest BCUT2D eigenvalue weighted by atomic mass is 9.90. The maximum Gasteiger partial charge on any atom is 0.217 e. The summed E-state index contributed by atoms with van der Waals surface area (Å²) in [7, 11) is 2.11. The summed E-state index contributed by atoms with van der Waals surface area (Å²) >= 11 is 0. The third kappa shape index (κ3) is 2.80. The molecule has 3 heteroatoms. The Balaban J connectivity index is 1.75. The quantitative estimate of drug-likeness (QED) is 0.266. The van der Waals surface area contributed by atoms with E-state index in [1.165, 1.54) is 48.2 Å². The fraction of sp³-hybridized carbons (Fsp3) is 0.276. The summed E-state index contributed by atoms with van der Waals surface area (Å²) in [5.74, 6) is 0.0106. The van der Waals surface area contributed by atoms with Gasteiger partial charge >= 0.3 is 0 Å². The van der Waals surface area contributed by atoms with E-state index in [2.05, 4.69) is 61.9 Å². The third-order valence-electron chi connectivity index (χ3n) is 7.45. The fourth-order valence-electron chi connectivity index (χ4n) is 5.63. The largest absolute Gasteiger partial charge is 0.455 e. The molecule has 1 aliphatic rings. The minimum atomic E-state index is -0.559. The molecule has 0 unspecified atom stereocenters. The summed E-state index contributed by atoms with van der Waals surface area (Å²) in [6.45, 7) is 4.24. The maximum absolute atomic E-state index is 14.2. The molecule has 0 N–H and O–H groups in total. The minimum Gasteiger partial charge on any atom is -0.455 e. The fourth-order valence-corrected chi connectivity index (χ4v) is 5.63. The van der Waals surface area contributed by atoms with Crippen LogP contribution in [0.15, 0.2) is 59.0 Å². The molecule has 0 aliphatic heterocycles.